The molecule has 64 heavy (non-hydrogen) atoms. The SMILES string of the molecule is CC(C)COC[C@H](NCc1cc(Cl)c(Cn2ncc3c(-c4cccc(C(=O)N5CCC6(CCN(C)CC6)CC5)c4Cl)cccc32)cc1OCc1cncc(C#N)c1)C(=O)OCC(C)C. The lowest BCUT2D eigenvalue weighted by Crippen LogP contribution is -2.47. The molecule has 0 aliphatic carbocycles. The first kappa shape index (κ1) is 46.9. The highest BCUT2D eigenvalue weighted by molar-refractivity contribution is 6.37. The van der Waals surface area contributed by atoms with Crippen LogP contribution in [0.5, 0.6) is 5.75 Å². The van der Waals surface area contributed by atoms with Gasteiger partial charge in [-0.25, -0.2) is 0 Å². The number of benzene rings is 3. The third-order valence-corrected chi connectivity index (χ3v) is 13.1. The molecule has 3 aromatic carbocycles. The lowest BCUT2D eigenvalue weighted by molar-refractivity contribution is -0.149. The van der Waals surface area contributed by atoms with Crippen LogP contribution < -0.4 is 10.1 Å². The summed E-state index contributed by atoms with van der Waals surface area (Å²) in [4.78, 5) is 35.8. The number of hydrogen-bond acceptors (Lipinski definition) is 10. The molecule has 2 aromatic heterocycles. The Balaban J connectivity index is 1.13. The fraction of sp³-hybridized carbons (Fsp3) is 0.460. The van der Waals surface area contributed by atoms with Crippen molar-refractivity contribution < 1.29 is 23.8 Å². The van der Waals surface area contributed by atoms with Crippen LogP contribution in [0, 0.1) is 28.6 Å². The Morgan fingerprint density at radius 3 is 2.33 bits per heavy atom. The summed E-state index contributed by atoms with van der Waals surface area (Å²) in [6, 6.07) is 18.5. The number of nitrogens with one attached hydrogen (secondary N) is 1. The van der Waals surface area contributed by atoms with Gasteiger partial charge in [0.15, 0.2) is 0 Å². The molecule has 0 radical (unpaired) electrons. The van der Waals surface area contributed by atoms with Crippen molar-refractivity contribution in [1.82, 2.24) is 29.9 Å². The molecule has 1 spiro atoms. The van der Waals surface area contributed by atoms with E-state index in [4.69, 9.17) is 42.5 Å². The van der Waals surface area contributed by atoms with Crippen molar-refractivity contribution >= 4 is 46.0 Å². The van der Waals surface area contributed by atoms with Gasteiger partial charge in [-0.05, 0) is 105 Å². The number of ether oxygens (including phenoxy) is 3. The monoisotopic (exact) mass is 907 g/mol. The second kappa shape index (κ2) is 21.3. The number of nitriles is 1. The molecule has 1 atom stereocenters. The Morgan fingerprint density at radius 1 is 0.875 bits per heavy atom. The van der Waals surface area contributed by atoms with E-state index < -0.39 is 12.0 Å². The molecule has 0 saturated carbocycles. The lowest BCUT2D eigenvalue weighted by atomic mass is 9.71. The van der Waals surface area contributed by atoms with Gasteiger partial charge in [0.25, 0.3) is 5.91 Å². The number of pyridine rings is 1. The maximum absolute atomic E-state index is 14.0. The minimum Gasteiger partial charge on any atom is -0.489 e. The van der Waals surface area contributed by atoms with Gasteiger partial charge in [-0.2, -0.15) is 10.4 Å². The lowest BCUT2D eigenvalue weighted by Gasteiger charge is -2.46. The third kappa shape index (κ3) is 11.4. The molecule has 0 bridgehead atoms. The number of piperidine rings is 2. The Bertz CT molecular complexity index is 2460. The summed E-state index contributed by atoms with van der Waals surface area (Å²) < 4.78 is 19.8. The van der Waals surface area contributed by atoms with Crippen LogP contribution in [0.2, 0.25) is 10.0 Å². The third-order valence-electron chi connectivity index (χ3n) is 12.4. The number of carbonyl (C=O) groups excluding carboxylic acids is 2. The summed E-state index contributed by atoms with van der Waals surface area (Å²) in [6.45, 7) is 13.4. The van der Waals surface area contributed by atoms with E-state index >= 15 is 0 Å². The van der Waals surface area contributed by atoms with Gasteiger partial charge in [0.1, 0.15) is 24.5 Å². The average Bonchev–Trinajstić information content (AvgIpc) is 3.71. The van der Waals surface area contributed by atoms with Gasteiger partial charge in [-0.1, -0.05) is 75.2 Å². The van der Waals surface area contributed by atoms with Crippen LogP contribution in [0.1, 0.15) is 86.0 Å². The number of amides is 1. The number of fused-ring (bicyclic) bond motifs is 1. The highest BCUT2D eigenvalue weighted by Gasteiger charge is 2.38. The van der Waals surface area contributed by atoms with Crippen molar-refractivity contribution in [2.45, 2.75) is 79.1 Å². The average molecular weight is 909 g/mol. The molecule has 5 aromatic rings. The number of carbonyl (C=O) groups is 2. The standard InChI is InChI=1S/C50H59Cl2N7O5/c1-33(2)29-62-32-44(49(61)64-30-34(3)4)55-26-37-21-43(51)38(22-46(37)63-31-36-20-35(23-53)24-54-25-36)28-59-45-11-7-8-39(42(45)27-56-59)40-9-6-10-41(47(40)52)48(60)58-18-14-50(15-19-58)12-16-57(5)17-13-50/h6-11,20-22,24-25,27,33-34,44,55H,12-19,26,28-32H2,1-5H3/t44-/m0/s1. The Hall–Kier alpha value is -5.03. The summed E-state index contributed by atoms with van der Waals surface area (Å²) in [7, 11) is 2.19. The van der Waals surface area contributed by atoms with Crippen LogP contribution in [-0.2, 0) is 34.0 Å². The maximum atomic E-state index is 14.0. The first-order chi connectivity index (χ1) is 30.8. The van der Waals surface area contributed by atoms with Gasteiger partial charge in [-0.15, -0.1) is 0 Å². The van der Waals surface area contributed by atoms with E-state index in [2.05, 4.69) is 42.2 Å². The van der Waals surface area contributed by atoms with Gasteiger partial charge in [0, 0.05) is 65.7 Å². The Morgan fingerprint density at radius 2 is 1.59 bits per heavy atom. The number of hydrogen-bond donors (Lipinski definition) is 1. The molecule has 12 nitrogen and oxygen atoms in total. The van der Waals surface area contributed by atoms with Crippen LogP contribution in [0.3, 0.4) is 0 Å². The normalized spacial score (nSPS) is 15.8. The molecule has 1 N–H and O–H groups in total. The molecule has 14 heteroatoms. The van der Waals surface area contributed by atoms with Crippen molar-refractivity contribution in [1.29, 1.82) is 5.26 Å². The first-order valence-corrected chi connectivity index (χ1v) is 23.1. The highest BCUT2D eigenvalue weighted by atomic mass is 35.5. The van der Waals surface area contributed by atoms with Crippen molar-refractivity contribution in [2.24, 2.45) is 17.3 Å². The van der Waals surface area contributed by atoms with E-state index in [1.165, 1.54) is 19.0 Å². The molecule has 2 aliphatic rings. The van der Waals surface area contributed by atoms with Gasteiger partial charge in [0.05, 0.1) is 47.6 Å². The van der Waals surface area contributed by atoms with E-state index in [1.54, 1.807) is 12.3 Å². The maximum Gasteiger partial charge on any atom is 0.325 e. The molecular weight excluding hydrogens is 849 g/mol. The fourth-order valence-electron chi connectivity index (χ4n) is 8.51. The van der Waals surface area contributed by atoms with Gasteiger partial charge in [0.2, 0.25) is 0 Å². The van der Waals surface area contributed by atoms with Crippen molar-refractivity contribution in [3.8, 4) is 22.9 Å². The minimum atomic E-state index is -0.724. The largest absolute Gasteiger partial charge is 0.489 e. The molecule has 338 valence electrons. The summed E-state index contributed by atoms with van der Waals surface area (Å²) in [5.41, 5.74) is 5.95. The smallest absolute Gasteiger partial charge is 0.325 e. The number of likely N-dealkylation sites (tertiary alicyclic amines) is 2. The number of nitrogens with zero attached hydrogens (tertiary/aromatic N) is 6. The van der Waals surface area contributed by atoms with Crippen molar-refractivity contribution in [3.63, 3.8) is 0 Å². The molecule has 2 aliphatic heterocycles. The second-order valence-corrected chi connectivity index (χ2v) is 19.0. The molecule has 7 rings (SSSR count). The van der Waals surface area contributed by atoms with Crippen LogP contribution in [0.25, 0.3) is 22.0 Å². The van der Waals surface area contributed by atoms with Gasteiger partial charge < -0.3 is 24.0 Å². The zero-order valence-electron chi connectivity index (χ0n) is 37.5. The molecular formula is C50H59Cl2N7O5. The number of rotatable bonds is 17. The fourth-order valence-corrected chi connectivity index (χ4v) is 9.07. The summed E-state index contributed by atoms with van der Waals surface area (Å²) in [5, 5.41) is 19.4. The highest BCUT2D eigenvalue weighted by Crippen LogP contribution is 2.42. The van der Waals surface area contributed by atoms with Crippen molar-refractivity contribution in [3.05, 3.63) is 111 Å². The predicted molar refractivity (Wildman–Crippen MR) is 250 cm³/mol. The quantitative estimate of drug-likeness (QED) is 0.0901. The summed E-state index contributed by atoms with van der Waals surface area (Å²) >= 11 is 14.2. The van der Waals surface area contributed by atoms with Gasteiger partial charge in [-0.3, -0.25) is 24.6 Å². The second-order valence-electron chi connectivity index (χ2n) is 18.2. The summed E-state index contributed by atoms with van der Waals surface area (Å²) in [6.07, 6.45) is 9.41. The molecule has 2 fully saturated rings. The van der Waals surface area contributed by atoms with E-state index in [0.717, 1.165) is 72.2 Å². The topological polar surface area (TPSA) is 135 Å². The van der Waals surface area contributed by atoms with Crippen LogP contribution in [0.15, 0.2) is 73.2 Å². The number of halogens is 2. The summed E-state index contributed by atoms with van der Waals surface area (Å²) in [5.74, 6) is 0.592. The zero-order chi connectivity index (χ0) is 45.4. The van der Waals surface area contributed by atoms with E-state index in [-0.39, 0.29) is 31.6 Å². The Labute approximate surface area is 386 Å². The number of esters is 1. The van der Waals surface area contributed by atoms with Crippen molar-refractivity contribution in [2.75, 3.05) is 53.0 Å². The van der Waals surface area contributed by atoms with Gasteiger partial charge >= 0.3 is 5.97 Å². The van der Waals surface area contributed by atoms with E-state index in [0.29, 0.717) is 63.6 Å². The minimum absolute atomic E-state index is 0.0288. The first-order valence-electron chi connectivity index (χ1n) is 22.3. The van der Waals surface area contributed by atoms with Crippen LogP contribution >= 0.6 is 23.2 Å². The molecule has 0 unspecified atom stereocenters. The molecule has 1 amide bonds. The van der Waals surface area contributed by atoms with Crippen LogP contribution in [0.4, 0.5) is 0 Å². The van der Waals surface area contributed by atoms with Crippen LogP contribution in [-0.4, -0.2) is 95.5 Å². The van der Waals surface area contributed by atoms with E-state index in [1.807, 2.05) is 78.2 Å². The molecule has 4 heterocycles. The number of aromatic nitrogens is 3. The predicted octanol–water partition coefficient (Wildman–Crippen LogP) is 9.18. The van der Waals surface area contributed by atoms with E-state index in [9.17, 15) is 14.9 Å². The zero-order valence-corrected chi connectivity index (χ0v) is 39.1. The molecule has 2 saturated heterocycles. The Kier molecular flexibility index (Phi) is 15.6.